The molecule has 0 aliphatic carbocycles. The highest BCUT2D eigenvalue weighted by atomic mass is 32.2. The lowest BCUT2D eigenvalue weighted by Gasteiger charge is -2.25. The van der Waals surface area contributed by atoms with E-state index in [0.29, 0.717) is 15.7 Å². The first-order valence-corrected chi connectivity index (χ1v) is 16.4. The Morgan fingerprint density at radius 2 is 1.28 bits per heavy atom. The van der Waals surface area contributed by atoms with Gasteiger partial charge < -0.3 is 19.3 Å². The van der Waals surface area contributed by atoms with E-state index in [1.807, 2.05) is 0 Å². The normalized spacial score (nSPS) is 12.4. The molecular weight excluding hydrogens is 636 g/mol. The number of nitrogens with zero attached hydrogens (tertiary/aromatic N) is 1. The molecule has 5 aromatic rings. The Morgan fingerprint density at radius 1 is 0.739 bits per heavy atom. The smallest absolute Gasteiger partial charge is 0.339 e. The van der Waals surface area contributed by atoms with E-state index in [4.69, 9.17) is 4.18 Å². The maximum absolute atomic E-state index is 13.7. The molecule has 0 aliphatic heterocycles. The number of benzene rings is 5. The summed E-state index contributed by atoms with van der Waals surface area (Å²) in [5.74, 6) is -4.62. The third-order valence-electron chi connectivity index (χ3n) is 7.15. The van der Waals surface area contributed by atoms with E-state index in [0.717, 1.165) is 36.0 Å². The predicted molar refractivity (Wildman–Crippen MR) is 169 cm³/mol. The molecule has 0 saturated carbocycles. The number of sulfonamides is 1. The van der Waals surface area contributed by atoms with Crippen molar-refractivity contribution in [2.75, 3.05) is 11.8 Å². The molecule has 0 spiro atoms. The quantitative estimate of drug-likeness (QED) is 0.169. The van der Waals surface area contributed by atoms with Gasteiger partial charge in [-0.2, -0.15) is 8.42 Å². The molecule has 0 saturated heterocycles. The number of carbonyl (C=O) groups is 3. The van der Waals surface area contributed by atoms with Crippen molar-refractivity contribution in [3.8, 4) is 5.75 Å². The summed E-state index contributed by atoms with van der Waals surface area (Å²) in [6.45, 7) is 0. The number of carboxylic acids is 2. The number of likely N-dealkylation sites (N-methyl/N-ethyl adjacent to an activating group) is 1. The molecule has 0 aromatic heterocycles. The Balaban J connectivity index is 1.55. The summed E-state index contributed by atoms with van der Waals surface area (Å²) in [6, 6.07) is 24.1. The van der Waals surface area contributed by atoms with Crippen molar-refractivity contribution in [2.45, 2.75) is 22.3 Å². The molecule has 0 aliphatic rings. The van der Waals surface area contributed by atoms with Crippen LogP contribution in [0.5, 0.6) is 5.75 Å². The monoisotopic (exact) mass is 662 g/mol. The second-order valence-electron chi connectivity index (χ2n) is 10.2. The predicted octanol–water partition coefficient (Wildman–Crippen LogP) is 4.56. The average Bonchev–Trinajstić information content (AvgIpc) is 3.02. The van der Waals surface area contributed by atoms with Gasteiger partial charge in [-0.15, -0.1) is 0 Å². The third-order valence-corrected chi connectivity index (χ3v) is 9.76. The summed E-state index contributed by atoms with van der Waals surface area (Å²) < 4.78 is 60.9. The van der Waals surface area contributed by atoms with Gasteiger partial charge in [0.15, 0.2) is 0 Å². The van der Waals surface area contributed by atoms with Crippen molar-refractivity contribution in [1.29, 1.82) is 0 Å². The maximum Gasteiger partial charge on any atom is 0.339 e. The molecule has 0 bridgehead atoms. The number of carboxylic acid groups (broad SMARTS) is 2. The van der Waals surface area contributed by atoms with E-state index in [-0.39, 0.29) is 21.2 Å². The van der Waals surface area contributed by atoms with Crippen LogP contribution in [0.3, 0.4) is 0 Å². The Kier molecular flexibility index (Phi) is 8.68. The van der Waals surface area contributed by atoms with Crippen molar-refractivity contribution in [2.24, 2.45) is 0 Å². The molecule has 0 unspecified atom stereocenters. The van der Waals surface area contributed by atoms with Crippen molar-refractivity contribution >= 4 is 65.2 Å². The van der Waals surface area contributed by atoms with Gasteiger partial charge >= 0.3 is 22.1 Å². The van der Waals surface area contributed by atoms with Crippen molar-refractivity contribution in [1.82, 2.24) is 4.90 Å². The van der Waals surface area contributed by atoms with Crippen LogP contribution in [-0.2, 0) is 29.7 Å². The van der Waals surface area contributed by atoms with Crippen LogP contribution in [0.25, 0.3) is 21.5 Å². The second-order valence-corrected chi connectivity index (χ2v) is 13.5. The molecular formula is C32H26N2O10S2. The first-order chi connectivity index (χ1) is 21.7. The summed E-state index contributed by atoms with van der Waals surface area (Å²) in [7, 11) is -7.77. The lowest BCUT2D eigenvalue weighted by Crippen LogP contribution is -2.44. The first-order valence-electron chi connectivity index (χ1n) is 13.6. The summed E-state index contributed by atoms with van der Waals surface area (Å²) in [6.07, 6.45) is -0.956. The third kappa shape index (κ3) is 6.77. The van der Waals surface area contributed by atoms with Crippen LogP contribution in [0, 0.1) is 0 Å². The molecule has 3 N–H and O–H groups in total. The van der Waals surface area contributed by atoms with Crippen molar-refractivity contribution < 1.29 is 45.6 Å². The average molecular weight is 663 g/mol. The highest BCUT2D eigenvalue weighted by molar-refractivity contribution is 7.92. The maximum atomic E-state index is 13.7. The molecule has 1 atom stereocenters. The van der Waals surface area contributed by atoms with Crippen LogP contribution in [0.4, 0.5) is 5.69 Å². The number of nitrogens with one attached hydrogen (secondary N) is 1. The Hall–Kier alpha value is -5.47. The summed E-state index contributed by atoms with van der Waals surface area (Å²) in [4.78, 5) is 37.1. The lowest BCUT2D eigenvalue weighted by atomic mass is 10.1. The number of anilines is 1. The molecule has 0 heterocycles. The number of hydrogen-bond acceptors (Lipinski definition) is 8. The highest BCUT2D eigenvalue weighted by Gasteiger charge is 2.32. The van der Waals surface area contributed by atoms with Crippen LogP contribution in [0.1, 0.15) is 16.8 Å². The van der Waals surface area contributed by atoms with E-state index in [1.165, 1.54) is 24.3 Å². The minimum Gasteiger partial charge on any atom is -0.481 e. The zero-order chi connectivity index (χ0) is 33.2. The fraction of sp³-hybridized carbons (Fsp3) is 0.0938. The molecule has 46 heavy (non-hydrogen) atoms. The number of aliphatic carboxylic acids is 2. The molecule has 5 rings (SSSR count). The lowest BCUT2D eigenvalue weighted by molar-refractivity contribution is -0.148. The van der Waals surface area contributed by atoms with Gasteiger partial charge in [0, 0.05) is 7.05 Å². The van der Waals surface area contributed by atoms with Crippen LogP contribution in [-0.4, -0.2) is 62.9 Å². The van der Waals surface area contributed by atoms with E-state index >= 15 is 0 Å². The van der Waals surface area contributed by atoms with E-state index in [9.17, 15) is 41.4 Å². The fourth-order valence-electron chi connectivity index (χ4n) is 4.76. The van der Waals surface area contributed by atoms with Crippen molar-refractivity contribution in [3.05, 3.63) is 109 Å². The van der Waals surface area contributed by atoms with Gasteiger partial charge in [0.2, 0.25) is 0 Å². The van der Waals surface area contributed by atoms with E-state index in [1.54, 1.807) is 60.7 Å². The van der Waals surface area contributed by atoms with Crippen LogP contribution >= 0.6 is 0 Å². The summed E-state index contributed by atoms with van der Waals surface area (Å²) >= 11 is 0. The zero-order valence-electron chi connectivity index (χ0n) is 24.0. The summed E-state index contributed by atoms with van der Waals surface area (Å²) in [5, 5.41) is 21.6. The Morgan fingerprint density at radius 3 is 1.85 bits per heavy atom. The van der Waals surface area contributed by atoms with E-state index < -0.39 is 56.0 Å². The van der Waals surface area contributed by atoms with Gasteiger partial charge in [0.25, 0.3) is 15.9 Å². The van der Waals surface area contributed by atoms with Gasteiger partial charge in [-0.25, -0.2) is 13.2 Å². The Bertz CT molecular complexity index is 2230. The van der Waals surface area contributed by atoms with Gasteiger partial charge in [-0.1, -0.05) is 60.7 Å². The molecule has 12 nitrogen and oxygen atoms in total. The number of amides is 1. The summed E-state index contributed by atoms with van der Waals surface area (Å²) in [5.41, 5.74) is -0.824. The highest BCUT2D eigenvalue weighted by Crippen LogP contribution is 2.30. The Labute approximate surface area is 263 Å². The fourth-order valence-corrected chi connectivity index (χ4v) is 6.84. The molecule has 5 aromatic carbocycles. The number of carbonyl (C=O) groups excluding carboxylic acids is 1. The largest absolute Gasteiger partial charge is 0.481 e. The SMILES string of the molecule is CN(C(=O)c1cc(OS(=O)(=O)c2ccc3ccccc3c2)ccc1NS(=O)(=O)c1ccc2ccccc2c1)[C@H](CC(=O)O)C(=O)O. The van der Waals surface area contributed by atoms with Gasteiger partial charge in [0.1, 0.15) is 16.7 Å². The molecule has 0 fully saturated rings. The number of rotatable bonds is 11. The molecule has 14 heteroatoms. The zero-order valence-corrected chi connectivity index (χ0v) is 25.7. The molecule has 0 radical (unpaired) electrons. The minimum atomic E-state index is -4.46. The van der Waals surface area contributed by atoms with E-state index in [2.05, 4.69) is 4.72 Å². The van der Waals surface area contributed by atoms with Gasteiger partial charge in [-0.05, 0) is 64.0 Å². The second kappa shape index (κ2) is 12.5. The molecule has 236 valence electrons. The molecule has 1 amide bonds. The first kappa shape index (κ1) is 31.9. The van der Waals surface area contributed by atoms with Crippen molar-refractivity contribution in [3.63, 3.8) is 0 Å². The van der Waals surface area contributed by atoms with Crippen LogP contribution in [0.15, 0.2) is 113 Å². The van der Waals surface area contributed by atoms with Gasteiger partial charge in [0.05, 0.1) is 22.6 Å². The minimum absolute atomic E-state index is 0.147. The number of fused-ring (bicyclic) bond motifs is 2. The van der Waals surface area contributed by atoms with Crippen LogP contribution in [0.2, 0.25) is 0 Å². The topological polar surface area (TPSA) is 184 Å². The number of hydrogen-bond donors (Lipinski definition) is 3. The standard InChI is InChI=1S/C32H26N2O10S2/c1-34(29(32(38)39)19-30(35)36)31(37)27-18-24(44-46(42,43)26-14-11-21-7-3-5-9-23(21)17-26)12-15-28(27)33-45(40,41)25-13-10-20-6-2-4-8-22(20)16-25/h2-18,29,33H,19H2,1H3,(H,35,36)(H,38,39)/t29-/m1/s1. The van der Waals surface area contributed by atoms with Gasteiger partial charge in [-0.3, -0.25) is 14.3 Å². The van der Waals surface area contributed by atoms with Crippen LogP contribution < -0.4 is 8.91 Å².